The number of fused-ring (bicyclic) bond motifs is 1. The van der Waals surface area contributed by atoms with Crippen LogP contribution in [0.25, 0.3) is 11.0 Å². The molecule has 3 nitrogen and oxygen atoms in total. The second-order valence-electron chi connectivity index (χ2n) is 4.19. The molecular formula is C14H11BrFNO2. The summed E-state index contributed by atoms with van der Waals surface area (Å²) < 4.78 is 25.1. The molecule has 3 rings (SSSR count). The number of hydrogen-bond donors (Lipinski definition) is 1. The summed E-state index contributed by atoms with van der Waals surface area (Å²) in [5, 5.41) is 3.86. The van der Waals surface area contributed by atoms with Gasteiger partial charge in [-0.25, -0.2) is 4.39 Å². The quantitative estimate of drug-likeness (QED) is 0.783. The Bertz CT molecular complexity index is 719. The van der Waals surface area contributed by atoms with Crippen molar-refractivity contribution in [1.82, 2.24) is 5.32 Å². The van der Waals surface area contributed by atoms with E-state index in [1.54, 1.807) is 6.07 Å². The summed E-state index contributed by atoms with van der Waals surface area (Å²) in [5.41, 5.74) is 0.655. The highest BCUT2D eigenvalue weighted by Gasteiger charge is 2.20. The van der Waals surface area contributed by atoms with Crippen molar-refractivity contribution in [2.75, 3.05) is 7.05 Å². The average molecular weight is 324 g/mol. The molecule has 19 heavy (non-hydrogen) atoms. The van der Waals surface area contributed by atoms with Crippen LogP contribution in [0.3, 0.4) is 0 Å². The summed E-state index contributed by atoms with van der Waals surface area (Å²) in [6, 6.07) is 9.75. The Morgan fingerprint density at radius 2 is 1.95 bits per heavy atom. The second kappa shape index (κ2) is 4.83. The molecule has 0 aliphatic heterocycles. The van der Waals surface area contributed by atoms with Gasteiger partial charge in [-0.15, -0.1) is 0 Å². The van der Waals surface area contributed by atoms with Crippen LogP contribution in [0, 0.1) is 5.82 Å². The zero-order valence-corrected chi connectivity index (χ0v) is 11.7. The number of furan rings is 2. The fraction of sp³-hybridized carbons (Fsp3) is 0.143. The van der Waals surface area contributed by atoms with E-state index >= 15 is 0 Å². The highest BCUT2D eigenvalue weighted by molar-refractivity contribution is 9.10. The van der Waals surface area contributed by atoms with Gasteiger partial charge in [-0.1, -0.05) is 0 Å². The van der Waals surface area contributed by atoms with Crippen LogP contribution < -0.4 is 5.32 Å². The van der Waals surface area contributed by atoms with Crippen molar-refractivity contribution < 1.29 is 13.2 Å². The summed E-state index contributed by atoms with van der Waals surface area (Å²) in [4.78, 5) is 0. The molecule has 0 radical (unpaired) electrons. The second-order valence-corrected chi connectivity index (χ2v) is 4.98. The first kappa shape index (κ1) is 12.4. The molecule has 0 aliphatic rings. The van der Waals surface area contributed by atoms with Gasteiger partial charge in [0, 0.05) is 5.39 Å². The smallest absolute Gasteiger partial charge is 0.169 e. The Morgan fingerprint density at radius 1 is 1.11 bits per heavy atom. The van der Waals surface area contributed by atoms with Gasteiger partial charge in [0.2, 0.25) is 0 Å². The average Bonchev–Trinajstić information content (AvgIpc) is 2.96. The van der Waals surface area contributed by atoms with Crippen LogP contribution in [-0.2, 0) is 0 Å². The lowest BCUT2D eigenvalue weighted by molar-refractivity contribution is 0.405. The van der Waals surface area contributed by atoms with E-state index in [1.165, 1.54) is 12.1 Å². The molecule has 0 fully saturated rings. The molecule has 0 aliphatic carbocycles. The first-order valence-corrected chi connectivity index (χ1v) is 6.58. The molecule has 3 aromatic rings. The monoisotopic (exact) mass is 323 g/mol. The van der Waals surface area contributed by atoms with Crippen molar-refractivity contribution >= 4 is 26.9 Å². The first-order valence-electron chi connectivity index (χ1n) is 5.79. The van der Waals surface area contributed by atoms with Gasteiger partial charge in [0.25, 0.3) is 0 Å². The van der Waals surface area contributed by atoms with Gasteiger partial charge in [-0.2, -0.15) is 0 Å². The summed E-state index contributed by atoms with van der Waals surface area (Å²) in [7, 11) is 1.81. The lowest BCUT2D eigenvalue weighted by atomic mass is 10.1. The standard InChI is InChI=1S/C14H11BrFNO2/c1-17-14(11-4-5-13(15)19-11)12-7-8-6-9(16)2-3-10(8)18-12/h2-7,14,17H,1H3. The zero-order valence-electron chi connectivity index (χ0n) is 10.1. The largest absolute Gasteiger partial charge is 0.459 e. The van der Waals surface area contributed by atoms with Crippen LogP contribution in [0.15, 0.2) is 49.9 Å². The number of rotatable bonds is 3. The maximum Gasteiger partial charge on any atom is 0.169 e. The normalized spacial score (nSPS) is 13.0. The molecule has 0 saturated carbocycles. The molecular weight excluding hydrogens is 313 g/mol. The van der Waals surface area contributed by atoms with E-state index in [-0.39, 0.29) is 11.9 Å². The Hall–Kier alpha value is -1.59. The highest BCUT2D eigenvalue weighted by Crippen LogP contribution is 2.30. The molecule has 0 spiro atoms. The maximum absolute atomic E-state index is 13.2. The van der Waals surface area contributed by atoms with Crippen molar-refractivity contribution in [3.8, 4) is 0 Å². The van der Waals surface area contributed by atoms with E-state index in [1.807, 2.05) is 25.2 Å². The van der Waals surface area contributed by atoms with Crippen LogP contribution >= 0.6 is 15.9 Å². The number of hydrogen-bond acceptors (Lipinski definition) is 3. The van der Waals surface area contributed by atoms with Crippen molar-refractivity contribution in [3.63, 3.8) is 0 Å². The van der Waals surface area contributed by atoms with Crippen LogP contribution in [0.5, 0.6) is 0 Å². The predicted molar refractivity (Wildman–Crippen MR) is 73.5 cm³/mol. The molecule has 0 saturated heterocycles. The lowest BCUT2D eigenvalue weighted by Gasteiger charge is -2.09. The van der Waals surface area contributed by atoms with Crippen LogP contribution in [0.1, 0.15) is 17.6 Å². The summed E-state index contributed by atoms with van der Waals surface area (Å²) in [6.45, 7) is 0. The zero-order chi connectivity index (χ0) is 13.4. The van der Waals surface area contributed by atoms with E-state index in [9.17, 15) is 4.39 Å². The van der Waals surface area contributed by atoms with Crippen LogP contribution in [-0.4, -0.2) is 7.05 Å². The van der Waals surface area contributed by atoms with Gasteiger partial charge in [-0.3, -0.25) is 0 Å². The number of halogens is 2. The van der Waals surface area contributed by atoms with E-state index in [0.29, 0.717) is 16.0 Å². The van der Waals surface area contributed by atoms with Crippen molar-refractivity contribution in [1.29, 1.82) is 0 Å². The molecule has 2 aromatic heterocycles. The Labute approximate surface area is 117 Å². The van der Waals surface area contributed by atoms with Crippen LogP contribution in [0.2, 0.25) is 0 Å². The predicted octanol–water partition coefficient (Wildman–Crippen LogP) is 4.24. The topological polar surface area (TPSA) is 38.3 Å². The third kappa shape index (κ3) is 2.31. The highest BCUT2D eigenvalue weighted by atomic mass is 79.9. The summed E-state index contributed by atoms with van der Waals surface area (Å²) >= 11 is 3.27. The molecule has 0 bridgehead atoms. The fourth-order valence-electron chi connectivity index (χ4n) is 2.09. The van der Waals surface area contributed by atoms with Crippen molar-refractivity contribution in [2.24, 2.45) is 0 Å². The molecule has 1 N–H and O–H groups in total. The van der Waals surface area contributed by atoms with E-state index in [4.69, 9.17) is 8.83 Å². The van der Waals surface area contributed by atoms with E-state index in [0.717, 1.165) is 11.1 Å². The molecule has 2 heterocycles. The Balaban J connectivity index is 2.06. The van der Waals surface area contributed by atoms with Gasteiger partial charge < -0.3 is 14.2 Å². The van der Waals surface area contributed by atoms with E-state index in [2.05, 4.69) is 21.2 Å². The lowest BCUT2D eigenvalue weighted by Crippen LogP contribution is -2.16. The van der Waals surface area contributed by atoms with Gasteiger partial charge in [0.15, 0.2) is 4.67 Å². The van der Waals surface area contributed by atoms with Gasteiger partial charge in [0.1, 0.15) is 29.0 Å². The Kier molecular flexibility index (Phi) is 3.16. The minimum absolute atomic E-state index is 0.207. The minimum atomic E-state index is -0.276. The summed E-state index contributed by atoms with van der Waals surface area (Å²) in [6.07, 6.45) is 0. The third-order valence-electron chi connectivity index (χ3n) is 2.95. The third-order valence-corrected chi connectivity index (χ3v) is 3.38. The molecule has 1 atom stereocenters. The van der Waals surface area contributed by atoms with Crippen molar-refractivity contribution in [2.45, 2.75) is 6.04 Å². The number of nitrogens with one attached hydrogen (secondary N) is 1. The molecule has 98 valence electrons. The van der Waals surface area contributed by atoms with Gasteiger partial charge in [-0.05, 0) is 59.4 Å². The van der Waals surface area contributed by atoms with E-state index < -0.39 is 0 Å². The van der Waals surface area contributed by atoms with Gasteiger partial charge >= 0.3 is 0 Å². The molecule has 1 unspecified atom stereocenters. The first-order chi connectivity index (χ1) is 9.17. The SMILES string of the molecule is CNC(c1ccc(Br)o1)c1cc2cc(F)ccc2o1. The van der Waals surface area contributed by atoms with Crippen molar-refractivity contribution in [3.05, 3.63) is 58.4 Å². The summed E-state index contributed by atoms with van der Waals surface area (Å²) in [5.74, 6) is 1.14. The molecule has 5 heteroatoms. The fourth-order valence-corrected chi connectivity index (χ4v) is 2.40. The molecule has 1 aromatic carbocycles. The molecule has 0 amide bonds. The van der Waals surface area contributed by atoms with Gasteiger partial charge in [0.05, 0.1) is 0 Å². The Morgan fingerprint density at radius 3 is 2.63 bits per heavy atom. The number of benzene rings is 1. The minimum Gasteiger partial charge on any atom is -0.459 e. The maximum atomic E-state index is 13.2. The van der Waals surface area contributed by atoms with Crippen LogP contribution in [0.4, 0.5) is 4.39 Å².